The van der Waals surface area contributed by atoms with Crippen LogP contribution in [0.2, 0.25) is 0 Å². The van der Waals surface area contributed by atoms with Gasteiger partial charge in [-0.1, -0.05) is 12.5 Å². The lowest BCUT2D eigenvalue weighted by atomic mass is 10.2. The van der Waals surface area contributed by atoms with Crippen LogP contribution in [0.5, 0.6) is 0 Å². The molecular weight excluding hydrogens is 314 g/mol. The van der Waals surface area contributed by atoms with E-state index < -0.39 is 10.0 Å². The summed E-state index contributed by atoms with van der Waals surface area (Å²) in [6, 6.07) is 6.38. The first-order valence-corrected chi connectivity index (χ1v) is 9.57. The molecule has 1 aromatic rings. The Balaban J connectivity index is 1.83. The molecule has 0 radical (unpaired) electrons. The number of rotatable bonds is 3. The number of sulfonamides is 1. The van der Waals surface area contributed by atoms with Gasteiger partial charge in [0, 0.05) is 37.8 Å². The number of amides is 1. The summed E-state index contributed by atoms with van der Waals surface area (Å²) >= 11 is 0. The van der Waals surface area contributed by atoms with Crippen molar-refractivity contribution in [2.24, 2.45) is 5.73 Å². The third-order valence-corrected chi connectivity index (χ3v) is 6.44. The molecule has 2 fully saturated rings. The van der Waals surface area contributed by atoms with Gasteiger partial charge in [0.2, 0.25) is 10.0 Å². The first kappa shape index (κ1) is 16.4. The van der Waals surface area contributed by atoms with E-state index >= 15 is 0 Å². The van der Waals surface area contributed by atoms with Gasteiger partial charge >= 0.3 is 0 Å². The van der Waals surface area contributed by atoms with Crippen molar-refractivity contribution in [1.82, 2.24) is 9.21 Å². The lowest BCUT2D eigenvalue weighted by Gasteiger charge is -2.26. The standard InChI is InChI=1S/C16H23N3O3S/c17-14-7-10-18(12-14)16(20)13-5-4-6-15(11-13)23(21,22)19-8-2-1-3-9-19/h4-6,11,14H,1-3,7-10,12,17H2/t14-/m1/s1. The topological polar surface area (TPSA) is 83.7 Å². The highest BCUT2D eigenvalue weighted by Crippen LogP contribution is 2.22. The van der Waals surface area contributed by atoms with Crippen molar-refractivity contribution in [3.8, 4) is 0 Å². The first-order valence-electron chi connectivity index (χ1n) is 8.13. The minimum Gasteiger partial charge on any atom is -0.337 e. The molecule has 7 heteroatoms. The van der Waals surface area contributed by atoms with E-state index in [1.165, 1.54) is 10.4 Å². The fraction of sp³-hybridized carbons (Fsp3) is 0.562. The maximum Gasteiger partial charge on any atom is 0.253 e. The van der Waals surface area contributed by atoms with Crippen LogP contribution in [0.15, 0.2) is 29.2 Å². The maximum absolute atomic E-state index is 12.7. The van der Waals surface area contributed by atoms with Gasteiger partial charge in [0.15, 0.2) is 0 Å². The summed E-state index contributed by atoms with van der Waals surface area (Å²) in [6.07, 6.45) is 3.64. The number of nitrogens with zero attached hydrogens (tertiary/aromatic N) is 2. The molecule has 0 saturated carbocycles. The Morgan fingerprint density at radius 2 is 1.87 bits per heavy atom. The lowest BCUT2D eigenvalue weighted by molar-refractivity contribution is 0.0790. The van der Waals surface area contributed by atoms with E-state index in [2.05, 4.69) is 0 Å². The molecule has 2 heterocycles. The number of benzene rings is 1. The second-order valence-electron chi connectivity index (χ2n) is 6.29. The Morgan fingerprint density at radius 1 is 1.13 bits per heavy atom. The molecule has 2 aliphatic rings. The highest BCUT2D eigenvalue weighted by molar-refractivity contribution is 7.89. The van der Waals surface area contributed by atoms with Crippen molar-refractivity contribution < 1.29 is 13.2 Å². The SMILES string of the molecule is N[C@@H]1CCN(C(=O)c2cccc(S(=O)(=O)N3CCCCC3)c2)C1. The highest BCUT2D eigenvalue weighted by atomic mass is 32.2. The third kappa shape index (κ3) is 3.41. The molecule has 0 spiro atoms. The molecule has 6 nitrogen and oxygen atoms in total. The van der Waals surface area contributed by atoms with E-state index in [0.717, 1.165) is 25.7 Å². The number of piperidine rings is 1. The van der Waals surface area contributed by atoms with Crippen LogP contribution in [0, 0.1) is 0 Å². The molecule has 2 saturated heterocycles. The first-order chi connectivity index (χ1) is 11.0. The van der Waals surface area contributed by atoms with Crippen molar-refractivity contribution in [1.29, 1.82) is 0 Å². The maximum atomic E-state index is 12.7. The number of likely N-dealkylation sites (tertiary alicyclic amines) is 1. The van der Waals surface area contributed by atoms with Crippen LogP contribution in [-0.2, 0) is 10.0 Å². The molecule has 0 aliphatic carbocycles. The van der Waals surface area contributed by atoms with Gasteiger partial charge in [-0.25, -0.2) is 8.42 Å². The smallest absolute Gasteiger partial charge is 0.253 e. The molecule has 1 aromatic carbocycles. The normalized spacial score (nSPS) is 23.2. The van der Waals surface area contributed by atoms with Crippen LogP contribution in [0.1, 0.15) is 36.0 Å². The van der Waals surface area contributed by atoms with Crippen molar-refractivity contribution >= 4 is 15.9 Å². The summed E-state index contributed by atoms with van der Waals surface area (Å²) in [5, 5.41) is 0. The zero-order valence-electron chi connectivity index (χ0n) is 13.1. The quantitative estimate of drug-likeness (QED) is 0.893. The third-order valence-electron chi connectivity index (χ3n) is 4.55. The van der Waals surface area contributed by atoms with E-state index in [4.69, 9.17) is 5.73 Å². The van der Waals surface area contributed by atoms with Crippen molar-refractivity contribution in [3.05, 3.63) is 29.8 Å². The summed E-state index contributed by atoms with van der Waals surface area (Å²) in [4.78, 5) is 14.4. The van der Waals surface area contributed by atoms with Crippen LogP contribution in [-0.4, -0.2) is 55.8 Å². The monoisotopic (exact) mass is 337 g/mol. The van der Waals surface area contributed by atoms with Gasteiger partial charge in [-0.15, -0.1) is 0 Å². The molecule has 23 heavy (non-hydrogen) atoms. The van der Waals surface area contributed by atoms with Gasteiger partial charge in [-0.2, -0.15) is 4.31 Å². The highest BCUT2D eigenvalue weighted by Gasteiger charge is 2.28. The van der Waals surface area contributed by atoms with Gasteiger partial charge in [0.05, 0.1) is 4.90 Å². The van der Waals surface area contributed by atoms with E-state index in [1.54, 1.807) is 23.1 Å². The molecule has 0 bridgehead atoms. The van der Waals surface area contributed by atoms with Crippen LogP contribution < -0.4 is 5.73 Å². The van der Waals surface area contributed by atoms with Crippen LogP contribution in [0.4, 0.5) is 0 Å². The molecule has 2 N–H and O–H groups in total. The van der Waals surface area contributed by atoms with E-state index in [-0.39, 0.29) is 16.8 Å². The zero-order valence-corrected chi connectivity index (χ0v) is 14.0. The Bertz CT molecular complexity index is 684. The predicted molar refractivity (Wildman–Crippen MR) is 87.5 cm³/mol. The number of nitrogens with two attached hydrogens (primary N) is 1. The average molecular weight is 337 g/mol. The predicted octanol–water partition coefficient (Wildman–Crippen LogP) is 1.03. The number of hydrogen-bond donors (Lipinski definition) is 1. The van der Waals surface area contributed by atoms with E-state index in [9.17, 15) is 13.2 Å². The Kier molecular flexibility index (Phi) is 4.70. The Labute approximate surface area is 137 Å². The molecule has 0 aromatic heterocycles. The van der Waals surface area contributed by atoms with Crippen molar-refractivity contribution in [2.45, 2.75) is 36.6 Å². The molecule has 126 valence electrons. The second-order valence-corrected chi connectivity index (χ2v) is 8.23. The summed E-state index contributed by atoms with van der Waals surface area (Å²) < 4.78 is 27.0. The number of hydrogen-bond acceptors (Lipinski definition) is 4. The minimum atomic E-state index is -3.51. The summed E-state index contributed by atoms with van der Waals surface area (Å²) in [7, 11) is -3.51. The zero-order chi connectivity index (χ0) is 16.4. The summed E-state index contributed by atoms with van der Waals surface area (Å²) in [5.41, 5.74) is 6.26. The van der Waals surface area contributed by atoms with Crippen molar-refractivity contribution in [3.63, 3.8) is 0 Å². The van der Waals surface area contributed by atoms with Gasteiger partial charge in [-0.3, -0.25) is 4.79 Å². The minimum absolute atomic E-state index is 0.0132. The van der Waals surface area contributed by atoms with Crippen molar-refractivity contribution in [2.75, 3.05) is 26.2 Å². The fourth-order valence-electron chi connectivity index (χ4n) is 3.20. The van der Waals surface area contributed by atoms with Crippen LogP contribution >= 0.6 is 0 Å². The molecule has 1 amide bonds. The van der Waals surface area contributed by atoms with E-state index in [1.807, 2.05) is 0 Å². The molecule has 0 unspecified atom stereocenters. The lowest BCUT2D eigenvalue weighted by Crippen LogP contribution is -2.36. The molecule has 3 rings (SSSR count). The molecular formula is C16H23N3O3S. The van der Waals surface area contributed by atoms with Gasteiger partial charge in [0.1, 0.15) is 0 Å². The van der Waals surface area contributed by atoms with Gasteiger partial charge in [-0.05, 0) is 37.5 Å². The summed E-state index contributed by atoms with van der Waals surface area (Å²) in [5.74, 6) is -0.145. The average Bonchev–Trinajstić information content (AvgIpc) is 3.01. The van der Waals surface area contributed by atoms with Crippen LogP contribution in [0.25, 0.3) is 0 Å². The number of carbonyl (C=O) groups excluding carboxylic acids is 1. The molecule has 2 aliphatic heterocycles. The molecule has 1 atom stereocenters. The van der Waals surface area contributed by atoms with Gasteiger partial charge < -0.3 is 10.6 Å². The largest absolute Gasteiger partial charge is 0.337 e. The Hall–Kier alpha value is -1.44. The fourth-order valence-corrected chi connectivity index (χ4v) is 4.76. The van der Waals surface area contributed by atoms with E-state index in [0.29, 0.717) is 31.7 Å². The van der Waals surface area contributed by atoms with Gasteiger partial charge in [0.25, 0.3) is 5.91 Å². The summed E-state index contributed by atoms with van der Waals surface area (Å²) in [6.45, 7) is 2.27. The van der Waals surface area contributed by atoms with Crippen LogP contribution in [0.3, 0.4) is 0 Å². The number of carbonyl (C=O) groups is 1. The second kappa shape index (κ2) is 6.59. The Morgan fingerprint density at radius 3 is 2.52 bits per heavy atom.